The van der Waals surface area contributed by atoms with Gasteiger partial charge in [0.15, 0.2) is 0 Å². The molecule has 1 aliphatic heterocycles. The van der Waals surface area contributed by atoms with Crippen molar-refractivity contribution in [1.29, 1.82) is 0 Å². The lowest BCUT2D eigenvalue weighted by Gasteiger charge is -2.19. The van der Waals surface area contributed by atoms with Crippen LogP contribution in [0.2, 0.25) is 0 Å². The zero-order valence-corrected chi connectivity index (χ0v) is 10.9. The molecule has 0 radical (unpaired) electrons. The topological polar surface area (TPSA) is 122 Å². The third kappa shape index (κ3) is 4.86. The molecule has 0 spiro atoms. The minimum absolute atomic E-state index is 0.00710. The normalized spacial score (nSPS) is 20.3. The maximum Gasteiger partial charge on any atom is 0.320 e. The molecule has 1 rings (SSSR count). The molecule has 106 valence electrons. The predicted molar refractivity (Wildman–Crippen MR) is 64.2 cm³/mol. The SMILES string of the molecule is NC(CCNS(=O)(=O)N1CCCOCC1)C(=O)O. The van der Waals surface area contributed by atoms with Crippen molar-refractivity contribution in [3.63, 3.8) is 0 Å². The number of rotatable bonds is 6. The van der Waals surface area contributed by atoms with E-state index < -0.39 is 22.2 Å². The minimum atomic E-state index is -3.57. The van der Waals surface area contributed by atoms with Gasteiger partial charge in [-0.25, -0.2) is 4.72 Å². The molecular weight excluding hydrogens is 262 g/mol. The third-order valence-electron chi connectivity index (χ3n) is 2.58. The van der Waals surface area contributed by atoms with Gasteiger partial charge in [-0.05, 0) is 12.8 Å². The quantitative estimate of drug-likeness (QED) is 0.536. The van der Waals surface area contributed by atoms with Crippen LogP contribution in [0.4, 0.5) is 0 Å². The Morgan fingerprint density at radius 1 is 1.44 bits per heavy atom. The number of carbonyl (C=O) groups is 1. The van der Waals surface area contributed by atoms with E-state index in [9.17, 15) is 13.2 Å². The van der Waals surface area contributed by atoms with Crippen molar-refractivity contribution in [3.05, 3.63) is 0 Å². The molecule has 0 saturated carbocycles. The van der Waals surface area contributed by atoms with Crippen LogP contribution in [-0.4, -0.2) is 62.7 Å². The lowest BCUT2D eigenvalue weighted by atomic mass is 10.2. The number of carboxylic acids is 1. The van der Waals surface area contributed by atoms with E-state index in [0.29, 0.717) is 32.7 Å². The first-order chi connectivity index (χ1) is 8.43. The number of ether oxygens (including phenoxy) is 1. The van der Waals surface area contributed by atoms with Gasteiger partial charge in [-0.15, -0.1) is 0 Å². The average Bonchev–Trinajstić information content (AvgIpc) is 2.57. The van der Waals surface area contributed by atoms with Gasteiger partial charge in [0, 0.05) is 26.2 Å². The number of aliphatic carboxylic acids is 1. The van der Waals surface area contributed by atoms with Crippen molar-refractivity contribution < 1.29 is 23.1 Å². The highest BCUT2D eigenvalue weighted by Gasteiger charge is 2.23. The lowest BCUT2D eigenvalue weighted by Crippen LogP contribution is -2.44. The van der Waals surface area contributed by atoms with E-state index in [-0.39, 0.29) is 13.0 Å². The molecule has 0 bridgehead atoms. The van der Waals surface area contributed by atoms with Gasteiger partial charge in [0.1, 0.15) is 6.04 Å². The van der Waals surface area contributed by atoms with Gasteiger partial charge in [-0.2, -0.15) is 12.7 Å². The number of carboxylic acid groups (broad SMARTS) is 1. The van der Waals surface area contributed by atoms with E-state index in [1.165, 1.54) is 4.31 Å². The highest BCUT2D eigenvalue weighted by Crippen LogP contribution is 2.04. The summed E-state index contributed by atoms with van der Waals surface area (Å²) in [4.78, 5) is 10.5. The second-order valence-corrected chi connectivity index (χ2v) is 5.75. The van der Waals surface area contributed by atoms with Crippen LogP contribution in [0.1, 0.15) is 12.8 Å². The van der Waals surface area contributed by atoms with Gasteiger partial charge >= 0.3 is 5.97 Å². The summed E-state index contributed by atoms with van der Waals surface area (Å²) in [5.41, 5.74) is 5.28. The molecule has 8 nitrogen and oxygen atoms in total. The first kappa shape index (κ1) is 15.3. The van der Waals surface area contributed by atoms with Crippen molar-refractivity contribution >= 4 is 16.2 Å². The molecule has 1 heterocycles. The Morgan fingerprint density at radius 2 is 2.17 bits per heavy atom. The van der Waals surface area contributed by atoms with Crippen LogP contribution in [0.5, 0.6) is 0 Å². The van der Waals surface area contributed by atoms with E-state index in [1.807, 2.05) is 0 Å². The number of nitrogens with one attached hydrogen (secondary N) is 1. The van der Waals surface area contributed by atoms with Crippen LogP contribution in [0, 0.1) is 0 Å². The molecule has 1 fully saturated rings. The van der Waals surface area contributed by atoms with E-state index in [4.69, 9.17) is 15.6 Å². The summed E-state index contributed by atoms with van der Waals surface area (Å²) in [6.45, 7) is 1.64. The molecule has 0 aliphatic carbocycles. The smallest absolute Gasteiger partial charge is 0.320 e. The van der Waals surface area contributed by atoms with E-state index in [0.717, 1.165) is 0 Å². The zero-order chi connectivity index (χ0) is 13.6. The summed E-state index contributed by atoms with van der Waals surface area (Å²) in [7, 11) is -3.57. The lowest BCUT2D eigenvalue weighted by molar-refractivity contribution is -0.138. The highest BCUT2D eigenvalue weighted by molar-refractivity contribution is 7.87. The molecule has 1 unspecified atom stereocenters. The summed E-state index contributed by atoms with van der Waals surface area (Å²) >= 11 is 0. The molecule has 1 aliphatic rings. The van der Waals surface area contributed by atoms with E-state index >= 15 is 0 Å². The fraction of sp³-hybridized carbons (Fsp3) is 0.889. The molecule has 1 saturated heterocycles. The van der Waals surface area contributed by atoms with Gasteiger partial charge in [-0.1, -0.05) is 0 Å². The summed E-state index contributed by atoms with van der Waals surface area (Å²) in [5, 5.41) is 8.57. The van der Waals surface area contributed by atoms with Crippen LogP contribution in [0.3, 0.4) is 0 Å². The Morgan fingerprint density at radius 3 is 2.83 bits per heavy atom. The van der Waals surface area contributed by atoms with Gasteiger partial charge < -0.3 is 15.6 Å². The molecule has 0 aromatic rings. The van der Waals surface area contributed by atoms with Crippen molar-refractivity contribution in [2.45, 2.75) is 18.9 Å². The fourth-order valence-corrected chi connectivity index (χ4v) is 2.76. The molecule has 0 aromatic heterocycles. The first-order valence-corrected chi connectivity index (χ1v) is 7.18. The standard InChI is InChI=1S/C9H19N3O5S/c10-8(9(13)14)2-3-11-18(15,16)12-4-1-6-17-7-5-12/h8,11H,1-7,10H2,(H,13,14). The Kier molecular flexibility index (Phi) is 5.96. The Hall–Kier alpha value is -0.740. The first-order valence-electron chi connectivity index (χ1n) is 5.74. The van der Waals surface area contributed by atoms with Crippen molar-refractivity contribution in [2.24, 2.45) is 5.73 Å². The van der Waals surface area contributed by atoms with Gasteiger partial charge in [-0.3, -0.25) is 4.79 Å². The number of nitrogens with zero attached hydrogens (tertiary/aromatic N) is 1. The maximum absolute atomic E-state index is 11.9. The number of nitrogens with two attached hydrogens (primary N) is 1. The van der Waals surface area contributed by atoms with E-state index in [1.54, 1.807) is 0 Å². The van der Waals surface area contributed by atoms with Crippen molar-refractivity contribution in [3.8, 4) is 0 Å². The van der Waals surface area contributed by atoms with Crippen LogP contribution < -0.4 is 10.5 Å². The second-order valence-electron chi connectivity index (χ2n) is 4.00. The zero-order valence-electron chi connectivity index (χ0n) is 10.0. The molecule has 4 N–H and O–H groups in total. The number of hydrogen-bond acceptors (Lipinski definition) is 5. The monoisotopic (exact) mass is 281 g/mol. The second kappa shape index (κ2) is 7.00. The average molecular weight is 281 g/mol. The molecule has 1 atom stereocenters. The van der Waals surface area contributed by atoms with Gasteiger partial charge in [0.25, 0.3) is 10.2 Å². The van der Waals surface area contributed by atoms with E-state index in [2.05, 4.69) is 4.72 Å². The Bertz CT molecular complexity index is 364. The van der Waals surface area contributed by atoms with Crippen molar-refractivity contribution in [2.75, 3.05) is 32.8 Å². The summed E-state index contributed by atoms with van der Waals surface area (Å²) < 4.78 is 32.5. The predicted octanol–water partition coefficient (Wildman–Crippen LogP) is -1.65. The number of hydrogen-bond donors (Lipinski definition) is 3. The Balaban J connectivity index is 2.41. The van der Waals surface area contributed by atoms with Crippen LogP contribution in [0.15, 0.2) is 0 Å². The van der Waals surface area contributed by atoms with Crippen molar-refractivity contribution in [1.82, 2.24) is 9.03 Å². The summed E-state index contributed by atoms with van der Waals surface area (Å²) in [5.74, 6) is -1.14. The maximum atomic E-state index is 11.9. The Labute approximate surface area is 106 Å². The molecule has 9 heteroatoms. The third-order valence-corrected chi connectivity index (χ3v) is 4.19. The molecular formula is C9H19N3O5S. The fourth-order valence-electron chi connectivity index (χ4n) is 1.52. The molecule has 18 heavy (non-hydrogen) atoms. The summed E-state index contributed by atoms with van der Waals surface area (Å²) in [6, 6.07) is -1.06. The molecule has 0 amide bonds. The van der Waals surface area contributed by atoms with Gasteiger partial charge in [0.05, 0.1) is 6.61 Å². The van der Waals surface area contributed by atoms with Gasteiger partial charge in [0.2, 0.25) is 0 Å². The minimum Gasteiger partial charge on any atom is -0.480 e. The largest absolute Gasteiger partial charge is 0.480 e. The molecule has 0 aromatic carbocycles. The van der Waals surface area contributed by atoms with Crippen LogP contribution in [-0.2, 0) is 19.7 Å². The van der Waals surface area contributed by atoms with Crippen LogP contribution >= 0.6 is 0 Å². The van der Waals surface area contributed by atoms with Crippen LogP contribution in [0.25, 0.3) is 0 Å². The summed E-state index contributed by atoms with van der Waals surface area (Å²) in [6.07, 6.45) is 0.703. The highest BCUT2D eigenvalue weighted by atomic mass is 32.2.